The first-order valence-electron chi connectivity index (χ1n) is 13.5. The molecule has 3 fully saturated rings. The Labute approximate surface area is 225 Å². The van der Waals surface area contributed by atoms with E-state index in [9.17, 15) is 29.1 Å². The number of piperidine rings is 1. The van der Waals surface area contributed by atoms with Gasteiger partial charge in [-0.1, -0.05) is 53.9 Å². The van der Waals surface area contributed by atoms with E-state index in [1.807, 2.05) is 20.8 Å². The number of hydrogen-bond donors (Lipinski definition) is 5. The second-order valence-corrected chi connectivity index (χ2v) is 13.7. The lowest BCUT2D eigenvalue weighted by atomic mass is 9.80. The Bertz CT molecular complexity index is 983. The number of primary amides is 1. The van der Waals surface area contributed by atoms with E-state index in [0.29, 0.717) is 13.0 Å². The molecule has 0 aromatic rings. The topological polar surface area (TPSA) is 171 Å². The summed E-state index contributed by atoms with van der Waals surface area (Å²) in [4.78, 5) is 66.1. The zero-order valence-electron chi connectivity index (χ0n) is 23.7. The van der Waals surface area contributed by atoms with Crippen LogP contribution in [-0.2, 0) is 19.2 Å². The molecule has 1 unspecified atom stereocenters. The van der Waals surface area contributed by atoms with Crippen LogP contribution in [0.15, 0.2) is 0 Å². The second kappa shape index (κ2) is 10.5. The van der Waals surface area contributed by atoms with Crippen molar-refractivity contribution in [1.82, 2.24) is 20.9 Å². The SMILES string of the molecule is CC(C)(CO)NC(=O)N[C@H](C(=O)N1C[C@H]2[C@@H]([C@H]1C(=O)NC(CC1CCC1)C(=O)C(N)=O)C2(C)C)C(C)(C)C. The number of carbonyl (C=O) groups excluding carboxylic acids is 5. The second-order valence-electron chi connectivity index (χ2n) is 13.7. The van der Waals surface area contributed by atoms with E-state index in [-0.39, 0.29) is 29.8 Å². The first-order valence-corrected chi connectivity index (χ1v) is 13.5. The Kier molecular flexibility index (Phi) is 8.22. The summed E-state index contributed by atoms with van der Waals surface area (Å²) in [6.45, 7) is 12.9. The fourth-order valence-corrected chi connectivity index (χ4v) is 5.86. The molecule has 214 valence electrons. The van der Waals surface area contributed by atoms with Gasteiger partial charge in [0.1, 0.15) is 12.1 Å². The van der Waals surface area contributed by atoms with Crippen LogP contribution < -0.4 is 21.7 Å². The van der Waals surface area contributed by atoms with Crippen molar-refractivity contribution >= 4 is 29.5 Å². The molecule has 3 aliphatic rings. The number of nitrogens with zero attached hydrogens (tertiary/aromatic N) is 1. The molecule has 6 N–H and O–H groups in total. The van der Waals surface area contributed by atoms with Crippen LogP contribution in [0.4, 0.5) is 4.79 Å². The van der Waals surface area contributed by atoms with Crippen molar-refractivity contribution in [2.24, 2.45) is 34.3 Å². The van der Waals surface area contributed by atoms with E-state index in [1.54, 1.807) is 13.8 Å². The van der Waals surface area contributed by atoms with Crippen LogP contribution >= 0.6 is 0 Å². The molecular formula is C27H45N5O6. The van der Waals surface area contributed by atoms with Crippen LogP contribution in [0.2, 0.25) is 0 Å². The number of amides is 5. The van der Waals surface area contributed by atoms with Crippen molar-refractivity contribution in [2.75, 3.05) is 13.2 Å². The average molecular weight is 536 g/mol. The summed E-state index contributed by atoms with van der Waals surface area (Å²) in [6.07, 6.45) is 3.25. The van der Waals surface area contributed by atoms with E-state index >= 15 is 0 Å². The van der Waals surface area contributed by atoms with Crippen LogP contribution in [0, 0.1) is 28.6 Å². The average Bonchev–Trinajstić information content (AvgIpc) is 3.10. The summed E-state index contributed by atoms with van der Waals surface area (Å²) >= 11 is 0. The molecular weight excluding hydrogens is 490 g/mol. The lowest BCUT2D eigenvalue weighted by Gasteiger charge is -2.38. The summed E-state index contributed by atoms with van der Waals surface area (Å²) in [5.74, 6) is -2.56. The molecule has 1 aliphatic heterocycles. The molecule has 2 aliphatic carbocycles. The molecule has 1 saturated heterocycles. The summed E-state index contributed by atoms with van der Waals surface area (Å²) in [7, 11) is 0. The molecule has 2 saturated carbocycles. The largest absolute Gasteiger partial charge is 0.394 e. The van der Waals surface area contributed by atoms with Gasteiger partial charge in [-0.3, -0.25) is 19.2 Å². The van der Waals surface area contributed by atoms with E-state index in [0.717, 1.165) is 19.3 Å². The molecule has 1 heterocycles. The fraction of sp³-hybridized carbons (Fsp3) is 0.815. The molecule has 0 spiro atoms. The minimum atomic E-state index is -1.09. The van der Waals surface area contributed by atoms with Gasteiger partial charge in [-0.05, 0) is 48.9 Å². The number of ketones is 1. The van der Waals surface area contributed by atoms with Gasteiger partial charge >= 0.3 is 6.03 Å². The quantitative estimate of drug-likeness (QED) is 0.258. The number of aliphatic hydroxyl groups excluding tert-OH is 1. The molecule has 0 radical (unpaired) electrons. The Morgan fingerprint density at radius 1 is 1.05 bits per heavy atom. The van der Waals surface area contributed by atoms with Crippen molar-refractivity contribution < 1.29 is 29.1 Å². The first kappa shape index (κ1) is 29.9. The van der Waals surface area contributed by atoms with E-state index in [1.165, 1.54) is 4.90 Å². The Hall–Kier alpha value is -2.69. The van der Waals surface area contributed by atoms with E-state index < -0.39 is 58.6 Å². The predicted octanol–water partition coefficient (Wildman–Crippen LogP) is 0.684. The summed E-state index contributed by atoms with van der Waals surface area (Å²) in [6, 6.07) is -3.41. The number of aliphatic hydroxyl groups is 1. The third-order valence-corrected chi connectivity index (χ3v) is 8.67. The minimum Gasteiger partial charge on any atom is -0.394 e. The normalized spacial score (nSPS) is 25.9. The molecule has 11 heteroatoms. The number of urea groups is 1. The Morgan fingerprint density at radius 2 is 1.66 bits per heavy atom. The van der Waals surface area contributed by atoms with Crippen molar-refractivity contribution in [3.63, 3.8) is 0 Å². The molecule has 5 amide bonds. The molecule has 11 nitrogen and oxygen atoms in total. The highest BCUT2D eigenvalue weighted by molar-refractivity contribution is 6.37. The van der Waals surface area contributed by atoms with Crippen LogP contribution in [0.25, 0.3) is 0 Å². The first-order chi connectivity index (χ1) is 17.4. The molecule has 3 rings (SSSR count). The van der Waals surface area contributed by atoms with Gasteiger partial charge in [-0.15, -0.1) is 0 Å². The zero-order chi connectivity index (χ0) is 28.8. The van der Waals surface area contributed by atoms with Crippen molar-refractivity contribution in [3.05, 3.63) is 0 Å². The van der Waals surface area contributed by atoms with Crippen molar-refractivity contribution in [3.8, 4) is 0 Å². The summed E-state index contributed by atoms with van der Waals surface area (Å²) < 4.78 is 0. The number of nitrogens with one attached hydrogen (secondary N) is 3. The summed E-state index contributed by atoms with van der Waals surface area (Å²) in [5.41, 5.74) is 3.54. The van der Waals surface area contributed by atoms with Gasteiger partial charge in [0.25, 0.3) is 5.91 Å². The van der Waals surface area contributed by atoms with Crippen LogP contribution in [0.1, 0.15) is 74.1 Å². The van der Waals surface area contributed by atoms with E-state index in [2.05, 4.69) is 29.8 Å². The number of nitrogens with two attached hydrogens (primary N) is 1. The van der Waals surface area contributed by atoms with Gasteiger partial charge in [0.05, 0.1) is 18.2 Å². The van der Waals surface area contributed by atoms with Crippen molar-refractivity contribution in [2.45, 2.75) is 97.8 Å². The maximum atomic E-state index is 13.9. The van der Waals surface area contributed by atoms with Crippen LogP contribution in [0.5, 0.6) is 0 Å². The van der Waals surface area contributed by atoms with Gasteiger partial charge in [-0.2, -0.15) is 0 Å². The zero-order valence-corrected chi connectivity index (χ0v) is 23.7. The van der Waals surface area contributed by atoms with Crippen molar-refractivity contribution in [1.29, 1.82) is 0 Å². The number of rotatable bonds is 10. The molecule has 38 heavy (non-hydrogen) atoms. The monoisotopic (exact) mass is 535 g/mol. The highest BCUT2D eigenvalue weighted by Crippen LogP contribution is 2.65. The number of likely N-dealkylation sites (tertiary alicyclic amines) is 1. The van der Waals surface area contributed by atoms with Gasteiger partial charge < -0.3 is 31.7 Å². The van der Waals surface area contributed by atoms with Gasteiger partial charge in [0, 0.05) is 6.54 Å². The maximum absolute atomic E-state index is 13.9. The Balaban J connectivity index is 1.83. The fourth-order valence-electron chi connectivity index (χ4n) is 5.86. The number of Topliss-reactive ketones (excluding diaryl/α,β-unsaturated/α-hetero) is 1. The smallest absolute Gasteiger partial charge is 0.315 e. The minimum absolute atomic E-state index is 0.0990. The summed E-state index contributed by atoms with van der Waals surface area (Å²) in [5, 5.41) is 17.7. The Morgan fingerprint density at radius 3 is 2.13 bits per heavy atom. The highest BCUT2D eigenvalue weighted by atomic mass is 16.3. The molecule has 5 atom stereocenters. The molecule has 0 aromatic heterocycles. The lowest BCUT2D eigenvalue weighted by molar-refractivity contribution is -0.145. The lowest BCUT2D eigenvalue weighted by Crippen LogP contribution is -2.62. The van der Waals surface area contributed by atoms with Gasteiger partial charge in [0.2, 0.25) is 17.6 Å². The van der Waals surface area contributed by atoms with Gasteiger partial charge in [0.15, 0.2) is 0 Å². The highest BCUT2D eigenvalue weighted by Gasteiger charge is 2.70. The number of carbonyl (C=O) groups is 5. The molecule has 0 aromatic carbocycles. The van der Waals surface area contributed by atoms with Crippen LogP contribution in [-0.4, -0.2) is 76.4 Å². The number of hydrogen-bond acceptors (Lipinski definition) is 6. The standard InChI is InChI=1S/C27H45N5O6/c1-25(2,3)20(30-24(38)31-26(4,5)13-33)23(37)32-12-15-17(27(15,6)7)18(32)22(36)29-16(19(34)21(28)35)11-14-9-8-10-14/h14-18,20,33H,8-13H2,1-7H3,(H2,28,35)(H,29,36)(H2,30,31,38)/t15-,16?,17-,18-,20+/m0/s1. The van der Waals surface area contributed by atoms with Crippen LogP contribution in [0.3, 0.4) is 0 Å². The number of fused-ring (bicyclic) bond motifs is 1. The van der Waals surface area contributed by atoms with E-state index in [4.69, 9.17) is 5.73 Å². The predicted molar refractivity (Wildman–Crippen MR) is 140 cm³/mol. The maximum Gasteiger partial charge on any atom is 0.315 e. The molecule has 0 bridgehead atoms. The third kappa shape index (κ3) is 6.13. The van der Waals surface area contributed by atoms with Gasteiger partial charge in [-0.25, -0.2) is 4.79 Å². The third-order valence-electron chi connectivity index (χ3n) is 8.67.